The van der Waals surface area contributed by atoms with Gasteiger partial charge in [0.1, 0.15) is 6.26 Å². The highest BCUT2D eigenvalue weighted by Gasteiger charge is 2.22. The van der Waals surface area contributed by atoms with E-state index >= 15 is 0 Å². The summed E-state index contributed by atoms with van der Waals surface area (Å²) in [5.74, 6) is 0.869. The molecule has 0 unspecified atom stereocenters. The zero-order valence-electron chi connectivity index (χ0n) is 17.7. The molecular formula is C21H27N3O7. The van der Waals surface area contributed by atoms with Gasteiger partial charge in [-0.1, -0.05) is 0 Å². The van der Waals surface area contributed by atoms with Gasteiger partial charge < -0.3 is 33.6 Å². The lowest BCUT2D eigenvalue weighted by molar-refractivity contribution is 0.0707. The van der Waals surface area contributed by atoms with Gasteiger partial charge in [0.05, 0.1) is 6.54 Å². The average Bonchev–Trinajstić information content (AvgIpc) is 3.44. The highest BCUT2D eigenvalue weighted by atomic mass is 16.7. The summed E-state index contributed by atoms with van der Waals surface area (Å²) in [7, 11) is 3.21. The third kappa shape index (κ3) is 6.19. The second-order valence-electron chi connectivity index (χ2n) is 6.87. The number of methoxy groups -OCH3 is 2. The summed E-state index contributed by atoms with van der Waals surface area (Å²) in [5.41, 5.74) is 0.629. The lowest BCUT2D eigenvalue weighted by Crippen LogP contribution is -2.32. The van der Waals surface area contributed by atoms with Crippen molar-refractivity contribution in [3.8, 4) is 11.5 Å². The van der Waals surface area contributed by atoms with E-state index in [0.717, 1.165) is 0 Å². The number of hydrogen-bond acceptors (Lipinski definition) is 8. The highest BCUT2D eigenvalue weighted by Crippen LogP contribution is 2.33. The Morgan fingerprint density at radius 1 is 1.13 bits per heavy atom. The van der Waals surface area contributed by atoms with Crippen molar-refractivity contribution >= 4 is 11.8 Å². The lowest BCUT2D eigenvalue weighted by Gasteiger charge is -2.21. The molecule has 0 saturated heterocycles. The van der Waals surface area contributed by atoms with Crippen molar-refractivity contribution in [2.24, 2.45) is 0 Å². The summed E-state index contributed by atoms with van der Waals surface area (Å²) >= 11 is 0. The summed E-state index contributed by atoms with van der Waals surface area (Å²) in [4.78, 5) is 31.1. The molecule has 10 nitrogen and oxygen atoms in total. The van der Waals surface area contributed by atoms with E-state index in [-0.39, 0.29) is 36.7 Å². The molecule has 2 amide bonds. The standard InChI is InChI=1S/C21H27N3O7/c1-27-9-3-7-22-20(25)16-13-29-19(23-16)12-24(8-4-10-28-2)21(26)15-5-6-17-18(11-15)31-14-30-17/h5-6,11,13H,3-4,7-10,12,14H2,1-2H3,(H,22,25). The average molecular weight is 433 g/mol. The molecule has 3 rings (SSSR count). The molecule has 0 saturated carbocycles. The number of hydrogen-bond donors (Lipinski definition) is 1. The zero-order valence-corrected chi connectivity index (χ0v) is 17.7. The second kappa shape index (κ2) is 11.3. The first-order chi connectivity index (χ1) is 15.1. The maximum atomic E-state index is 13.1. The third-order valence-corrected chi connectivity index (χ3v) is 4.60. The summed E-state index contributed by atoms with van der Waals surface area (Å²) in [6.07, 6.45) is 2.63. The van der Waals surface area contributed by atoms with Crippen LogP contribution >= 0.6 is 0 Å². The van der Waals surface area contributed by atoms with Crippen molar-refractivity contribution in [1.29, 1.82) is 0 Å². The number of rotatable bonds is 12. The Hall–Kier alpha value is -3.11. The van der Waals surface area contributed by atoms with Gasteiger partial charge >= 0.3 is 0 Å². The van der Waals surface area contributed by atoms with Gasteiger partial charge in [0.25, 0.3) is 11.8 Å². The number of carbonyl (C=O) groups is 2. The van der Waals surface area contributed by atoms with E-state index in [2.05, 4.69) is 10.3 Å². The number of nitrogens with zero attached hydrogens (tertiary/aromatic N) is 2. The Bertz CT molecular complexity index is 884. The molecule has 0 atom stereocenters. The Morgan fingerprint density at radius 3 is 2.71 bits per heavy atom. The van der Waals surface area contributed by atoms with Crippen LogP contribution in [0.15, 0.2) is 28.9 Å². The number of aromatic nitrogens is 1. The van der Waals surface area contributed by atoms with Gasteiger partial charge in [-0.05, 0) is 31.0 Å². The molecule has 10 heteroatoms. The van der Waals surface area contributed by atoms with E-state index in [0.29, 0.717) is 56.2 Å². The van der Waals surface area contributed by atoms with Crippen LogP contribution in [0, 0.1) is 0 Å². The maximum absolute atomic E-state index is 13.1. The van der Waals surface area contributed by atoms with Crippen molar-refractivity contribution in [3.63, 3.8) is 0 Å². The summed E-state index contributed by atoms with van der Waals surface area (Å²) in [5, 5.41) is 2.75. The molecule has 2 heterocycles. The highest BCUT2D eigenvalue weighted by molar-refractivity contribution is 5.95. The number of ether oxygens (including phenoxy) is 4. The van der Waals surface area contributed by atoms with E-state index in [4.69, 9.17) is 23.4 Å². The lowest BCUT2D eigenvalue weighted by atomic mass is 10.1. The number of carbonyl (C=O) groups excluding carboxylic acids is 2. The molecule has 168 valence electrons. The Morgan fingerprint density at radius 2 is 1.90 bits per heavy atom. The first kappa shape index (κ1) is 22.6. The third-order valence-electron chi connectivity index (χ3n) is 4.60. The summed E-state index contributed by atoms with van der Waals surface area (Å²) in [6, 6.07) is 5.05. The Balaban J connectivity index is 1.66. The van der Waals surface area contributed by atoms with E-state index in [1.54, 1.807) is 37.3 Å². The molecule has 31 heavy (non-hydrogen) atoms. The van der Waals surface area contributed by atoms with Crippen LogP contribution in [0.25, 0.3) is 0 Å². The predicted octanol–water partition coefficient (Wildman–Crippen LogP) is 1.85. The largest absolute Gasteiger partial charge is 0.454 e. The maximum Gasteiger partial charge on any atom is 0.273 e. The number of nitrogens with one attached hydrogen (secondary N) is 1. The van der Waals surface area contributed by atoms with E-state index < -0.39 is 0 Å². The van der Waals surface area contributed by atoms with Crippen molar-refractivity contribution in [1.82, 2.24) is 15.2 Å². The van der Waals surface area contributed by atoms with Gasteiger partial charge in [0, 0.05) is 46.1 Å². The van der Waals surface area contributed by atoms with E-state index in [9.17, 15) is 9.59 Å². The van der Waals surface area contributed by atoms with Crippen LogP contribution in [0.1, 0.15) is 39.6 Å². The predicted molar refractivity (Wildman–Crippen MR) is 109 cm³/mol. The van der Waals surface area contributed by atoms with Crippen LogP contribution < -0.4 is 14.8 Å². The molecule has 1 aliphatic heterocycles. The molecule has 0 radical (unpaired) electrons. The van der Waals surface area contributed by atoms with E-state index in [1.165, 1.54) is 6.26 Å². The fourth-order valence-corrected chi connectivity index (χ4v) is 3.02. The number of benzene rings is 1. The Kier molecular flexibility index (Phi) is 8.25. The summed E-state index contributed by atoms with van der Waals surface area (Å²) < 4.78 is 26.2. The van der Waals surface area contributed by atoms with Gasteiger partial charge in [-0.25, -0.2) is 4.98 Å². The molecule has 1 aromatic heterocycles. The molecule has 0 spiro atoms. The zero-order chi connectivity index (χ0) is 22.1. The second-order valence-corrected chi connectivity index (χ2v) is 6.87. The molecule has 0 bridgehead atoms. The van der Waals surface area contributed by atoms with Crippen LogP contribution in [-0.4, -0.2) is 69.0 Å². The Labute approximate surface area is 180 Å². The first-order valence-corrected chi connectivity index (χ1v) is 10.0. The van der Waals surface area contributed by atoms with Gasteiger partial charge in [-0.15, -0.1) is 0 Å². The van der Waals surface area contributed by atoms with E-state index in [1.807, 2.05) is 0 Å². The van der Waals surface area contributed by atoms with Crippen molar-refractivity contribution in [3.05, 3.63) is 41.6 Å². The molecular weight excluding hydrogens is 406 g/mol. The smallest absolute Gasteiger partial charge is 0.273 e. The topological polar surface area (TPSA) is 112 Å². The molecule has 0 fully saturated rings. The molecule has 2 aromatic rings. The van der Waals surface area contributed by atoms with Gasteiger partial charge in [-0.2, -0.15) is 0 Å². The minimum absolute atomic E-state index is 0.119. The van der Waals surface area contributed by atoms with Crippen LogP contribution in [0.5, 0.6) is 11.5 Å². The molecule has 0 aliphatic carbocycles. The fraction of sp³-hybridized carbons (Fsp3) is 0.476. The number of oxazole rings is 1. The van der Waals surface area contributed by atoms with Crippen LogP contribution in [0.3, 0.4) is 0 Å². The van der Waals surface area contributed by atoms with Gasteiger partial charge in [0.2, 0.25) is 12.7 Å². The van der Waals surface area contributed by atoms with Crippen LogP contribution in [0.4, 0.5) is 0 Å². The molecule has 1 aromatic carbocycles. The van der Waals surface area contributed by atoms with Crippen molar-refractivity contribution in [2.45, 2.75) is 19.4 Å². The minimum atomic E-state index is -0.334. The quantitative estimate of drug-likeness (QED) is 0.505. The molecule has 1 N–H and O–H groups in total. The normalized spacial score (nSPS) is 12.1. The first-order valence-electron chi connectivity index (χ1n) is 10.0. The van der Waals surface area contributed by atoms with Crippen LogP contribution in [-0.2, 0) is 16.0 Å². The van der Waals surface area contributed by atoms with Crippen molar-refractivity contribution in [2.75, 3.05) is 47.3 Å². The monoisotopic (exact) mass is 433 g/mol. The summed E-state index contributed by atoms with van der Waals surface area (Å²) in [6.45, 7) is 2.22. The molecule has 1 aliphatic rings. The van der Waals surface area contributed by atoms with Gasteiger partial charge in [0.15, 0.2) is 17.2 Å². The SMILES string of the molecule is COCCCNC(=O)c1coc(CN(CCCOC)C(=O)c2ccc3c(c2)OCO3)n1. The van der Waals surface area contributed by atoms with Crippen LogP contribution in [0.2, 0.25) is 0 Å². The fourth-order valence-electron chi connectivity index (χ4n) is 3.02. The number of amides is 2. The number of fused-ring (bicyclic) bond motifs is 1. The minimum Gasteiger partial charge on any atom is -0.454 e. The van der Waals surface area contributed by atoms with Gasteiger partial charge in [-0.3, -0.25) is 9.59 Å². The van der Waals surface area contributed by atoms with Crippen molar-refractivity contribution < 1.29 is 33.0 Å².